The molecule has 0 aliphatic carbocycles. The van der Waals surface area contributed by atoms with Gasteiger partial charge in [-0.1, -0.05) is 0 Å². The van der Waals surface area contributed by atoms with Crippen LogP contribution >= 0.6 is 0 Å². The molecule has 350 valence electrons. The first-order chi connectivity index (χ1) is 31.0. The quantitative estimate of drug-likeness (QED) is 0.0961. The smallest absolute Gasteiger partial charge is 0.239 e. The summed E-state index contributed by atoms with van der Waals surface area (Å²) in [5.74, 6) is -15.6. The maximum Gasteiger partial charge on any atom is 0.239 e. The third-order valence-corrected chi connectivity index (χ3v) is 11.2. The number of aliphatic hydroxyl groups is 6. The number of phenolic OH excluding ortho intramolecular Hbond substituents is 10. The maximum absolute atomic E-state index is 14.4. The molecule has 0 saturated carbocycles. The van der Waals surface area contributed by atoms with Gasteiger partial charge in [0, 0.05) is 46.5 Å². The van der Waals surface area contributed by atoms with Crippen LogP contribution in [0.15, 0.2) is 54.8 Å². The molecule has 10 atom stereocenters. The average molecular weight is 927 g/mol. The second kappa shape index (κ2) is 16.2. The highest BCUT2D eigenvalue weighted by Crippen LogP contribution is 2.58. The van der Waals surface area contributed by atoms with Crippen LogP contribution in [0.3, 0.4) is 0 Å². The highest BCUT2D eigenvalue weighted by atomic mass is 16.7. The average Bonchev–Trinajstić information content (AvgIpc) is 3.25. The summed E-state index contributed by atoms with van der Waals surface area (Å²) in [6.45, 7) is 2.51. The lowest BCUT2D eigenvalue weighted by Crippen LogP contribution is -2.58. The van der Waals surface area contributed by atoms with E-state index in [2.05, 4.69) is 0 Å². The molecule has 0 radical (unpaired) electrons. The molecule has 2 fully saturated rings. The van der Waals surface area contributed by atoms with Gasteiger partial charge < -0.3 is 109 Å². The number of rotatable bonds is 7. The number of hydrogen-bond donors (Lipinski definition) is 16. The van der Waals surface area contributed by atoms with Crippen LogP contribution in [0.1, 0.15) is 13.8 Å². The van der Waals surface area contributed by atoms with E-state index in [4.69, 9.17) is 27.8 Å². The van der Waals surface area contributed by atoms with E-state index >= 15 is 0 Å². The Morgan fingerprint density at radius 2 is 0.788 bits per heavy atom. The topological polar surface area (TPSA) is 421 Å². The molecular weight excluding hydrogens is 888 g/mol. The number of hydrogen-bond acceptors (Lipinski definition) is 24. The minimum atomic E-state index is -2.13. The van der Waals surface area contributed by atoms with Crippen LogP contribution in [0, 0.1) is 0 Å². The zero-order valence-electron chi connectivity index (χ0n) is 33.7. The van der Waals surface area contributed by atoms with Crippen LogP contribution in [0.5, 0.6) is 69.0 Å². The fourth-order valence-electron chi connectivity index (χ4n) is 7.71. The minimum absolute atomic E-state index is 0.570. The van der Waals surface area contributed by atoms with E-state index in [0.29, 0.717) is 12.1 Å². The molecule has 8 rings (SSSR count). The first kappa shape index (κ1) is 45.2. The van der Waals surface area contributed by atoms with Crippen molar-refractivity contribution in [3.05, 3.63) is 56.8 Å². The first-order valence-electron chi connectivity index (χ1n) is 19.4. The van der Waals surface area contributed by atoms with E-state index in [-0.39, 0.29) is 0 Å². The van der Waals surface area contributed by atoms with E-state index in [1.165, 1.54) is 13.8 Å². The maximum atomic E-state index is 14.4. The van der Waals surface area contributed by atoms with Gasteiger partial charge in [-0.3, -0.25) is 9.59 Å². The molecule has 24 nitrogen and oxygen atoms in total. The van der Waals surface area contributed by atoms with E-state index < -0.39 is 197 Å². The summed E-state index contributed by atoms with van der Waals surface area (Å²) in [7, 11) is 0. The van der Waals surface area contributed by atoms with Crippen LogP contribution < -0.4 is 20.3 Å². The van der Waals surface area contributed by atoms with Gasteiger partial charge in [-0.05, 0) is 26.0 Å². The number of benzene rings is 4. The summed E-state index contributed by atoms with van der Waals surface area (Å²) in [4.78, 5) is 28.8. The summed E-state index contributed by atoms with van der Waals surface area (Å²) >= 11 is 0. The molecular formula is C42H38O24. The molecule has 2 saturated heterocycles. The third-order valence-electron chi connectivity index (χ3n) is 11.2. The molecule has 0 unspecified atom stereocenters. The minimum Gasteiger partial charge on any atom is -0.508 e. The lowest BCUT2D eigenvalue weighted by Gasteiger charge is -2.38. The number of phenols is 10. The summed E-state index contributed by atoms with van der Waals surface area (Å²) in [5, 5.41) is 172. The summed E-state index contributed by atoms with van der Waals surface area (Å²) in [6.07, 6.45) is -18.3. The Kier molecular flexibility index (Phi) is 11.1. The standard InChI is InChI=1S/C42H38O24/c1-9-25(49)33(57)35(59)41(61-9)65-39-31(55)23-15(45)3-11(43)5-19(23)63-37(39)13-7-17(47)27(51)29(53)21(13)22-14(8-18(48)28(52)30(22)54)38-40(66-42-36(60)34(58)26(50)10(2)62-42)32(56)24-16(46)4-12(44)6-20(24)64-38/h3-10,25-26,33-36,41-54,57-60H,1-2H3/t9-,10-,25-,26-,33+,34+,35+,36+,41-,42-/m0/s1. The van der Waals surface area contributed by atoms with Crippen LogP contribution in [-0.2, 0) is 9.47 Å². The SMILES string of the molecule is C[C@@H]1O[C@@H](Oc2c(-c3cc(O)c(O)c(O)c3-c3c(-c4oc5cc(O)cc(O)c5c(=O)c4O[C@@H]4O[C@@H](C)[C@H](O)[C@@H](O)[C@H]4O)cc(O)c(O)c3O)oc3cc(O)cc(O)c3c2=O)[C@H](O)[C@H](O)[C@H]1O. The molecule has 4 aromatic carbocycles. The van der Waals surface area contributed by atoms with Gasteiger partial charge in [0.25, 0.3) is 0 Å². The molecule has 0 bridgehead atoms. The number of aromatic hydroxyl groups is 10. The van der Waals surface area contributed by atoms with Crippen LogP contribution in [0.4, 0.5) is 0 Å². The second-order valence-electron chi connectivity index (χ2n) is 15.5. The zero-order chi connectivity index (χ0) is 48.1. The second-order valence-corrected chi connectivity index (χ2v) is 15.5. The lowest BCUT2D eigenvalue weighted by atomic mass is 9.89. The van der Waals surface area contributed by atoms with Gasteiger partial charge in [-0.15, -0.1) is 0 Å². The molecule has 16 N–H and O–H groups in total. The van der Waals surface area contributed by atoms with Gasteiger partial charge in [0.2, 0.25) is 46.4 Å². The fraction of sp³-hybridized carbons (Fsp3) is 0.286. The van der Waals surface area contributed by atoms with E-state index in [1.54, 1.807) is 0 Å². The van der Waals surface area contributed by atoms with Gasteiger partial charge in [-0.2, -0.15) is 0 Å². The first-order valence-corrected chi connectivity index (χ1v) is 19.4. The fourth-order valence-corrected chi connectivity index (χ4v) is 7.71. The van der Waals surface area contributed by atoms with Crippen molar-refractivity contribution in [3.63, 3.8) is 0 Å². The van der Waals surface area contributed by atoms with Crippen molar-refractivity contribution in [2.24, 2.45) is 0 Å². The predicted molar refractivity (Wildman–Crippen MR) is 217 cm³/mol. The Bertz CT molecular complexity index is 2860. The molecule has 0 spiro atoms. The molecule has 2 aromatic heterocycles. The molecule has 2 aliphatic rings. The van der Waals surface area contributed by atoms with Crippen LogP contribution in [0.2, 0.25) is 0 Å². The molecule has 24 heteroatoms. The zero-order valence-corrected chi connectivity index (χ0v) is 33.7. The van der Waals surface area contributed by atoms with Crippen molar-refractivity contribution in [2.75, 3.05) is 0 Å². The number of fused-ring (bicyclic) bond motifs is 2. The number of aliphatic hydroxyl groups excluding tert-OH is 6. The Balaban J connectivity index is 1.48. The van der Waals surface area contributed by atoms with Gasteiger partial charge in [0.15, 0.2) is 34.5 Å². The highest BCUT2D eigenvalue weighted by Gasteiger charge is 2.46. The van der Waals surface area contributed by atoms with Crippen molar-refractivity contribution in [1.29, 1.82) is 0 Å². The van der Waals surface area contributed by atoms with Crippen molar-refractivity contribution < 1.29 is 109 Å². The highest BCUT2D eigenvalue weighted by molar-refractivity contribution is 6.02. The van der Waals surface area contributed by atoms with E-state index in [0.717, 1.165) is 24.3 Å². The van der Waals surface area contributed by atoms with Crippen molar-refractivity contribution in [1.82, 2.24) is 0 Å². The van der Waals surface area contributed by atoms with Crippen LogP contribution in [-0.4, -0.2) is 143 Å². The summed E-state index contributed by atoms with van der Waals surface area (Å²) < 4.78 is 34.5. The largest absolute Gasteiger partial charge is 0.508 e. The lowest BCUT2D eigenvalue weighted by molar-refractivity contribution is -0.268. The van der Waals surface area contributed by atoms with Gasteiger partial charge >= 0.3 is 0 Å². The van der Waals surface area contributed by atoms with E-state index in [1.807, 2.05) is 0 Å². The summed E-state index contributed by atoms with van der Waals surface area (Å²) in [5.41, 5.74) is -7.82. The molecule has 2 aliphatic heterocycles. The number of ether oxygens (including phenoxy) is 4. The van der Waals surface area contributed by atoms with Gasteiger partial charge in [-0.25, -0.2) is 0 Å². The molecule has 0 amide bonds. The molecule has 66 heavy (non-hydrogen) atoms. The van der Waals surface area contributed by atoms with Gasteiger partial charge in [0.05, 0.1) is 12.2 Å². The predicted octanol–water partition coefficient (Wildman–Crippen LogP) is 0.369. The normalized spacial score (nSPS) is 25.6. The Labute approximate surface area is 365 Å². The van der Waals surface area contributed by atoms with E-state index in [9.17, 15) is 91.3 Å². The Hall–Kier alpha value is -7.42. The third kappa shape index (κ3) is 7.13. The molecule has 4 heterocycles. The van der Waals surface area contributed by atoms with Crippen molar-refractivity contribution in [3.8, 4) is 103 Å². The van der Waals surface area contributed by atoms with Crippen molar-refractivity contribution in [2.45, 2.75) is 75.3 Å². The van der Waals surface area contributed by atoms with Gasteiger partial charge in [0.1, 0.15) is 81.6 Å². The summed E-state index contributed by atoms with van der Waals surface area (Å²) in [6, 6.07) is 4.21. The molecule has 6 aromatic rings. The van der Waals surface area contributed by atoms with Crippen molar-refractivity contribution >= 4 is 21.9 Å². The Morgan fingerprint density at radius 3 is 1.14 bits per heavy atom. The monoisotopic (exact) mass is 926 g/mol. The Morgan fingerprint density at radius 1 is 0.439 bits per heavy atom. The van der Waals surface area contributed by atoms with Crippen LogP contribution in [0.25, 0.3) is 55.7 Å².